The molecule has 0 radical (unpaired) electrons. The summed E-state index contributed by atoms with van der Waals surface area (Å²) in [5.74, 6) is 0. The number of furan rings is 1. The van der Waals surface area contributed by atoms with Gasteiger partial charge < -0.3 is 9.73 Å². The summed E-state index contributed by atoms with van der Waals surface area (Å²) in [7, 11) is 0. The zero-order valence-corrected chi connectivity index (χ0v) is 10.5. The summed E-state index contributed by atoms with van der Waals surface area (Å²) in [6, 6.07) is 5.01. The minimum atomic E-state index is 0.340. The number of rotatable bonds is 5. The molecular weight excluding hydrogens is 218 g/mol. The Kier molecular flexibility index (Phi) is 3.80. The molecule has 0 aliphatic carbocycles. The van der Waals surface area contributed by atoms with Crippen molar-refractivity contribution in [2.24, 2.45) is 0 Å². The third-order valence-corrected chi connectivity index (χ3v) is 3.43. The molecule has 2 atom stereocenters. The molecule has 2 heterocycles. The molecule has 2 aromatic heterocycles. The van der Waals surface area contributed by atoms with Gasteiger partial charge >= 0.3 is 0 Å². The first-order chi connectivity index (χ1) is 7.75. The number of hydrogen-bond donors (Lipinski definition) is 1. The zero-order chi connectivity index (χ0) is 11.4. The fourth-order valence-corrected chi connectivity index (χ4v) is 2.55. The summed E-state index contributed by atoms with van der Waals surface area (Å²) in [5.41, 5.74) is 2.61. The number of hydrogen-bond acceptors (Lipinski definition) is 3. The van der Waals surface area contributed by atoms with Crippen LogP contribution < -0.4 is 5.32 Å². The molecule has 16 heavy (non-hydrogen) atoms. The lowest BCUT2D eigenvalue weighted by molar-refractivity contribution is 0.471. The van der Waals surface area contributed by atoms with Crippen LogP contribution in [0.1, 0.15) is 31.0 Å². The van der Waals surface area contributed by atoms with Crippen LogP contribution >= 0.6 is 11.3 Å². The van der Waals surface area contributed by atoms with Gasteiger partial charge in [-0.2, -0.15) is 11.3 Å². The average Bonchev–Trinajstić information content (AvgIpc) is 2.88. The largest absolute Gasteiger partial charge is 0.472 e. The van der Waals surface area contributed by atoms with Crippen LogP contribution in [0.5, 0.6) is 0 Å². The molecule has 2 nitrogen and oxygen atoms in total. The highest BCUT2D eigenvalue weighted by molar-refractivity contribution is 7.07. The maximum atomic E-state index is 5.08. The predicted octanol–water partition coefficient (Wildman–Crippen LogP) is 3.62. The summed E-state index contributed by atoms with van der Waals surface area (Å²) >= 11 is 1.76. The molecule has 86 valence electrons. The molecule has 0 bridgehead atoms. The highest BCUT2D eigenvalue weighted by atomic mass is 32.1. The van der Waals surface area contributed by atoms with Crippen LogP contribution in [0.2, 0.25) is 0 Å². The molecule has 2 unspecified atom stereocenters. The van der Waals surface area contributed by atoms with Crippen molar-refractivity contribution in [2.75, 3.05) is 0 Å². The quantitative estimate of drug-likeness (QED) is 0.856. The first-order valence-corrected chi connectivity index (χ1v) is 6.49. The summed E-state index contributed by atoms with van der Waals surface area (Å²) in [6.45, 7) is 4.38. The fourth-order valence-electron chi connectivity index (χ4n) is 1.87. The Morgan fingerprint density at radius 2 is 2.25 bits per heavy atom. The molecule has 0 aliphatic rings. The van der Waals surface area contributed by atoms with Crippen molar-refractivity contribution in [1.29, 1.82) is 0 Å². The average molecular weight is 235 g/mol. The SMILES string of the molecule is CC(Cc1ccsc1)NC(C)c1ccoc1. The predicted molar refractivity (Wildman–Crippen MR) is 67.7 cm³/mol. The van der Waals surface area contributed by atoms with Gasteiger partial charge in [0, 0.05) is 17.6 Å². The van der Waals surface area contributed by atoms with E-state index in [0.29, 0.717) is 12.1 Å². The van der Waals surface area contributed by atoms with Gasteiger partial charge in [0.25, 0.3) is 0 Å². The Bertz CT molecular complexity index is 394. The highest BCUT2D eigenvalue weighted by Gasteiger charge is 2.10. The maximum Gasteiger partial charge on any atom is 0.0950 e. The van der Waals surface area contributed by atoms with Crippen molar-refractivity contribution in [3.8, 4) is 0 Å². The molecule has 2 rings (SSSR count). The monoisotopic (exact) mass is 235 g/mol. The Labute approximate surface area is 100 Å². The lowest BCUT2D eigenvalue weighted by atomic mass is 10.1. The van der Waals surface area contributed by atoms with Crippen molar-refractivity contribution in [1.82, 2.24) is 5.32 Å². The summed E-state index contributed by atoms with van der Waals surface area (Å²) in [6.07, 6.45) is 4.59. The standard InChI is InChI=1S/C13H17NOS/c1-10(7-12-4-6-16-9-12)14-11(2)13-3-5-15-8-13/h3-6,8-11,14H,7H2,1-2H3. The first kappa shape index (κ1) is 11.4. The zero-order valence-electron chi connectivity index (χ0n) is 9.64. The second-order valence-corrected chi connectivity index (χ2v) is 4.96. The number of nitrogens with one attached hydrogen (secondary N) is 1. The van der Waals surface area contributed by atoms with E-state index in [9.17, 15) is 0 Å². The van der Waals surface area contributed by atoms with E-state index in [4.69, 9.17) is 4.42 Å². The lowest BCUT2D eigenvalue weighted by Crippen LogP contribution is -2.30. The second kappa shape index (κ2) is 5.32. The minimum Gasteiger partial charge on any atom is -0.472 e. The molecule has 0 saturated heterocycles. The minimum absolute atomic E-state index is 0.340. The molecule has 3 heteroatoms. The molecular formula is C13H17NOS. The summed E-state index contributed by atoms with van der Waals surface area (Å²) < 4.78 is 5.08. The van der Waals surface area contributed by atoms with E-state index in [2.05, 4.69) is 36.0 Å². The fraction of sp³-hybridized carbons (Fsp3) is 0.385. The van der Waals surface area contributed by atoms with Crippen LogP contribution in [-0.2, 0) is 6.42 Å². The Morgan fingerprint density at radius 1 is 1.38 bits per heavy atom. The van der Waals surface area contributed by atoms with Crippen LogP contribution in [0.25, 0.3) is 0 Å². The lowest BCUT2D eigenvalue weighted by Gasteiger charge is -2.18. The van der Waals surface area contributed by atoms with Gasteiger partial charge in [0.15, 0.2) is 0 Å². The normalized spacial score (nSPS) is 14.9. The molecule has 0 amide bonds. The van der Waals surface area contributed by atoms with Gasteiger partial charge in [-0.15, -0.1) is 0 Å². The van der Waals surface area contributed by atoms with Gasteiger partial charge in [0.2, 0.25) is 0 Å². The van der Waals surface area contributed by atoms with Crippen LogP contribution in [0.3, 0.4) is 0 Å². The molecule has 0 saturated carbocycles. The van der Waals surface area contributed by atoms with E-state index < -0.39 is 0 Å². The summed E-state index contributed by atoms with van der Waals surface area (Å²) in [5, 5.41) is 7.90. The van der Waals surface area contributed by atoms with Gasteiger partial charge in [-0.25, -0.2) is 0 Å². The molecule has 0 spiro atoms. The third kappa shape index (κ3) is 2.97. The molecule has 2 aromatic rings. The Hall–Kier alpha value is -1.06. The Balaban J connectivity index is 1.85. The summed E-state index contributed by atoms with van der Waals surface area (Å²) in [4.78, 5) is 0. The third-order valence-electron chi connectivity index (χ3n) is 2.70. The van der Waals surface area contributed by atoms with Crippen LogP contribution in [0.15, 0.2) is 39.8 Å². The topological polar surface area (TPSA) is 25.2 Å². The van der Waals surface area contributed by atoms with E-state index in [1.165, 1.54) is 11.1 Å². The van der Waals surface area contributed by atoms with E-state index in [1.54, 1.807) is 23.9 Å². The van der Waals surface area contributed by atoms with Crippen LogP contribution in [0.4, 0.5) is 0 Å². The van der Waals surface area contributed by atoms with Crippen molar-refractivity contribution >= 4 is 11.3 Å². The van der Waals surface area contributed by atoms with Crippen molar-refractivity contribution in [3.63, 3.8) is 0 Å². The van der Waals surface area contributed by atoms with Gasteiger partial charge in [0.1, 0.15) is 0 Å². The van der Waals surface area contributed by atoms with E-state index in [-0.39, 0.29) is 0 Å². The second-order valence-electron chi connectivity index (χ2n) is 4.18. The molecule has 1 N–H and O–H groups in total. The van der Waals surface area contributed by atoms with Crippen LogP contribution in [0, 0.1) is 0 Å². The molecule has 0 aliphatic heterocycles. The van der Waals surface area contributed by atoms with Gasteiger partial charge in [-0.3, -0.25) is 0 Å². The van der Waals surface area contributed by atoms with Crippen molar-refractivity contribution in [3.05, 3.63) is 46.5 Å². The van der Waals surface area contributed by atoms with Crippen molar-refractivity contribution < 1.29 is 4.42 Å². The van der Waals surface area contributed by atoms with E-state index >= 15 is 0 Å². The Morgan fingerprint density at radius 3 is 2.88 bits per heavy atom. The highest BCUT2D eigenvalue weighted by Crippen LogP contribution is 2.15. The maximum absolute atomic E-state index is 5.08. The van der Waals surface area contributed by atoms with Gasteiger partial charge in [0.05, 0.1) is 12.5 Å². The van der Waals surface area contributed by atoms with Crippen LogP contribution in [-0.4, -0.2) is 6.04 Å². The smallest absolute Gasteiger partial charge is 0.0950 e. The van der Waals surface area contributed by atoms with Crippen molar-refractivity contribution in [2.45, 2.75) is 32.4 Å². The van der Waals surface area contributed by atoms with E-state index in [1.807, 2.05) is 6.07 Å². The van der Waals surface area contributed by atoms with Gasteiger partial charge in [-0.1, -0.05) is 0 Å². The van der Waals surface area contributed by atoms with E-state index in [0.717, 1.165) is 6.42 Å². The van der Waals surface area contributed by atoms with Gasteiger partial charge in [-0.05, 0) is 48.7 Å². The molecule has 0 aromatic carbocycles. The molecule has 0 fully saturated rings. The number of thiophene rings is 1. The first-order valence-electron chi connectivity index (χ1n) is 5.55.